The van der Waals surface area contributed by atoms with Crippen LogP contribution >= 0.6 is 63.7 Å². The van der Waals surface area contributed by atoms with Crippen LogP contribution in [0.4, 0.5) is 28.4 Å². The predicted octanol–water partition coefficient (Wildman–Crippen LogP) is 6.20. The molecule has 0 heterocycles. The molecule has 0 fully saturated rings. The van der Waals surface area contributed by atoms with Crippen LogP contribution in [-0.2, 0) is 0 Å². The van der Waals surface area contributed by atoms with Gasteiger partial charge in [0.05, 0.1) is 37.1 Å². The number of nitro groups is 3. The molecule has 0 atom stereocenters. The van der Waals surface area contributed by atoms with Gasteiger partial charge in [-0.1, -0.05) is 0 Å². The smallest absolute Gasteiger partial charge is 0.306 e. The van der Waals surface area contributed by atoms with Crippen molar-refractivity contribution in [1.82, 2.24) is 0 Å². The van der Waals surface area contributed by atoms with Crippen molar-refractivity contribution < 1.29 is 14.8 Å². The zero-order chi connectivity index (χ0) is 19.8. The molecule has 0 aromatic heterocycles. The van der Waals surface area contributed by atoms with E-state index in [9.17, 15) is 30.3 Å². The van der Waals surface area contributed by atoms with Crippen molar-refractivity contribution in [2.24, 2.45) is 0 Å². The largest absolute Gasteiger partial charge is 0.343 e. The maximum atomic E-state index is 11.3. The zero-order valence-electron chi connectivity index (χ0n) is 12.0. The van der Waals surface area contributed by atoms with Crippen molar-refractivity contribution >= 4 is 92.2 Å². The Hall–Kier alpha value is -1.64. The summed E-state index contributed by atoms with van der Waals surface area (Å²) in [5.74, 6) is 0. The van der Waals surface area contributed by atoms with Gasteiger partial charge in [0.2, 0.25) is 0 Å². The van der Waals surface area contributed by atoms with E-state index in [4.69, 9.17) is 0 Å². The molecule has 2 aromatic rings. The van der Waals surface area contributed by atoms with Gasteiger partial charge in [-0.15, -0.1) is 0 Å². The molecule has 136 valence electrons. The predicted molar refractivity (Wildman–Crippen MR) is 107 cm³/mol. The first kappa shape index (κ1) is 20.7. The van der Waals surface area contributed by atoms with E-state index < -0.39 is 37.5 Å². The Balaban J connectivity index is 2.75. The minimum Gasteiger partial charge on any atom is -0.343 e. The van der Waals surface area contributed by atoms with Gasteiger partial charge in [0.25, 0.3) is 5.69 Å². The minimum absolute atomic E-state index is 0.256. The number of non-ortho nitro benzene ring substituents is 1. The number of benzene rings is 2. The molecule has 0 aliphatic heterocycles. The fourth-order valence-electron chi connectivity index (χ4n) is 1.92. The SMILES string of the molecule is O=[N+]([O-])c1cc([N+](=O)[O-])c(Nc2cc(Br)c(Br)c(Br)c2Br)c([N+](=O)[O-])c1. The fraction of sp³-hybridized carbons (Fsp3) is 0. The van der Waals surface area contributed by atoms with Crippen LogP contribution in [0, 0.1) is 30.3 Å². The van der Waals surface area contributed by atoms with Crippen LogP contribution in [0.15, 0.2) is 36.1 Å². The molecular formula is C12H4Br4N4O6. The Morgan fingerprint density at radius 2 is 1.23 bits per heavy atom. The van der Waals surface area contributed by atoms with Gasteiger partial charge in [-0.25, -0.2) is 0 Å². The molecule has 0 unspecified atom stereocenters. The van der Waals surface area contributed by atoms with Gasteiger partial charge < -0.3 is 5.32 Å². The third-order valence-electron chi connectivity index (χ3n) is 3.05. The molecule has 0 radical (unpaired) electrons. The number of hydrogen-bond donors (Lipinski definition) is 1. The second kappa shape index (κ2) is 7.94. The molecule has 1 N–H and O–H groups in total. The van der Waals surface area contributed by atoms with E-state index in [2.05, 4.69) is 69.0 Å². The number of nitro benzene ring substituents is 3. The summed E-state index contributed by atoms with van der Waals surface area (Å²) in [7, 11) is 0. The minimum atomic E-state index is -0.938. The molecule has 0 aliphatic carbocycles. The number of nitrogens with one attached hydrogen (secondary N) is 1. The number of hydrogen-bond acceptors (Lipinski definition) is 7. The zero-order valence-corrected chi connectivity index (χ0v) is 18.4. The Kier molecular flexibility index (Phi) is 6.31. The summed E-state index contributed by atoms with van der Waals surface area (Å²) in [6.45, 7) is 0. The maximum absolute atomic E-state index is 11.3. The Morgan fingerprint density at radius 1 is 0.731 bits per heavy atom. The summed E-state index contributed by atoms with van der Waals surface area (Å²) in [5.41, 5.74) is -2.58. The molecule has 0 amide bonds. The van der Waals surface area contributed by atoms with Gasteiger partial charge in [0, 0.05) is 13.4 Å². The maximum Gasteiger partial charge on any atom is 0.306 e. The van der Waals surface area contributed by atoms with Crippen LogP contribution < -0.4 is 5.32 Å². The van der Waals surface area contributed by atoms with Gasteiger partial charge in [-0.3, -0.25) is 30.3 Å². The Morgan fingerprint density at radius 3 is 1.65 bits per heavy atom. The van der Waals surface area contributed by atoms with E-state index in [1.807, 2.05) is 0 Å². The molecule has 0 aliphatic rings. The highest BCUT2D eigenvalue weighted by Gasteiger charge is 2.31. The molecule has 10 nitrogen and oxygen atoms in total. The van der Waals surface area contributed by atoms with Gasteiger partial charge in [-0.05, 0) is 69.8 Å². The number of nitrogens with zero attached hydrogens (tertiary/aromatic N) is 3. The van der Waals surface area contributed by atoms with Crippen molar-refractivity contribution in [1.29, 1.82) is 0 Å². The van der Waals surface area contributed by atoms with Gasteiger partial charge in [0.15, 0.2) is 5.69 Å². The summed E-state index contributed by atoms with van der Waals surface area (Å²) in [4.78, 5) is 30.7. The van der Waals surface area contributed by atoms with Crippen LogP contribution in [0.5, 0.6) is 0 Å². The quantitative estimate of drug-likeness (QED) is 0.182. The van der Waals surface area contributed by atoms with Gasteiger partial charge in [0.1, 0.15) is 0 Å². The lowest BCUT2D eigenvalue weighted by molar-refractivity contribution is -0.401. The second-order valence-corrected chi connectivity index (χ2v) is 7.84. The topological polar surface area (TPSA) is 141 Å². The lowest BCUT2D eigenvalue weighted by atomic mass is 10.2. The standard InChI is InChI=1S/C12H4Br4N4O6/c13-5-3-6(10(15)11(16)9(5)14)17-12-7(19(23)24)1-4(18(21)22)2-8(12)20(25)26/h1-3,17H. The fourth-order valence-corrected chi connectivity index (χ4v) is 4.03. The summed E-state index contributed by atoms with van der Waals surface area (Å²) in [6.07, 6.45) is 0. The van der Waals surface area contributed by atoms with Crippen molar-refractivity contribution in [3.05, 3.63) is 66.4 Å². The average molecular weight is 620 g/mol. The summed E-state index contributed by atoms with van der Waals surface area (Å²) in [6, 6.07) is 2.84. The van der Waals surface area contributed by atoms with Crippen LogP contribution in [0.2, 0.25) is 0 Å². The van der Waals surface area contributed by atoms with E-state index in [0.717, 1.165) is 0 Å². The van der Waals surface area contributed by atoms with Crippen molar-refractivity contribution in [3.63, 3.8) is 0 Å². The van der Waals surface area contributed by atoms with Crippen molar-refractivity contribution in [3.8, 4) is 0 Å². The number of anilines is 2. The molecule has 0 saturated carbocycles. The number of halogens is 4. The first-order valence-electron chi connectivity index (χ1n) is 6.25. The monoisotopic (exact) mass is 616 g/mol. The lowest BCUT2D eigenvalue weighted by Crippen LogP contribution is -2.04. The molecule has 0 bridgehead atoms. The van der Waals surface area contributed by atoms with Crippen molar-refractivity contribution in [2.45, 2.75) is 0 Å². The van der Waals surface area contributed by atoms with Crippen LogP contribution in [0.1, 0.15) is 0 Å². The third kappa shape index (κ3) is 4.02. The highest BCUT2D eigenvalue weighted by Crippen LogP contribution is 2.45. The van der Waals surface area contributed by atoms with E-state index in [0.29, 0.717) is 30.0 Å². The first-order valence-corrected chi connectivity index (χ1v) is 9.43. The Labute approximate surface area is 177 Å². The van der Waals surface area contributed by atoms with E-state index >= 15 is 0 Å². The van der Waals surface area contributed by atoms with Crippen LogP contribution in [0.25, 0.3) is 0 Å². The third-order valence-corrected chi connectivity index (χ3v) is 7.71. The average Bonchev–Trinajstić information content (AvgIpc) is 2.56. The van der Waals surface area contributed by atoms with Crippen LogP contribution in [-0.4, -0.2) is 14.8 Å². The Bertz CT molecular complexity index is 932. The highest BCUT2D eigenvalue weighted by atomic mass is 79.9. The summed E-state index contributed by atoms with van der Waals surface area (Å²) < 4.78 is 2.17. The van der Waals surface area contributed by atoms with Crippen LogP contribution in [0.3, 0.4) is 0 Å². The van der Waals surface area contributed by atoms with Gasteiger partial charge in [-0.2, -0.15) is 0 Å². The molecule has 0 saturated heterocycles. The molecule has 0 spiro atoms. The molecular weight excluding hydrogens is 616 g/mol. The second-order valence-electron chi connectivity index (χ2n) is 4.60. The number of rotatable bonds is 5. The van der Waals surface area contributed by atoms with E-state index in [1.54, 1.807) is 0 Å². The summed E-state index contributed by atoms with van der Waals surface area (Å²) >= 11 is 13.2. The van der Waals surface area contributed by atoms with E-state index in [1.165, 1.54) is 6.07 Å². The molecule has 26 heavy (non-hydrogen) atoms. The first-order chi connectivity index (χ1) is 12.0. The lowest BCUT2D eigenvalue weighted by Gasteiger charge is -2.13. The summed E-state index contributed by atoms with van der Waals surface area (Å²) in [5, 5.41) is 36.2. The van der Waals surface area contributed by atoms with Crippen molar-refractivity contribution in [2.75, 3.05) is 5.32 Å². The molecule has 14 heteroatoms. The molecule has 2 aromatic carbocycles. The van der Waals surface area contributed by atoms with Gasteiger partial charge >= 0.3 is 11.4 Å². The molecule has 2 rings (SSSR count). The van der Waals surface area contributed by atoms with E-state index in [-0.39, 0.29) is 5.69 Å². The normalized spacial score (nSPS) is 10.5. The highest BCUT2D eigenvalue weighted by molar-refractivity contribution is 9.15.